The molecule has 6 nitrogen and oxygen atoms in total. The Hall–Kier alpha value is -1.95. The lowest BCUT2D eigenvalue weighted by atomic mass is 10.2. The van der Waals surface area contributed by atoms with Crippen LogP contribution in [0.4, 0.5) is 5.82 Å². The maximum Gasteiger partial charge on any atom is 0.254 e. The molecule has 6 heteroatoms. The van der Waals surface area contributed by atoms with E-state index in [4.69, 9.17) is 4.74 Å². The molecule has 1 aromatic heterocycles. The molecule has 1 fully saturated rings. The van der Waals surface area contributed by atoms with Gasteiger partial charge in [-0.1, -0.05) is 0 Å². The maximum absolute atomic E-state index is 12.2. The Morgan fingerprint density at radius 3 is 2.78 bits per heavy atom. The number of morpholine rings is 1. The van der Waals surface area contributed by atoms with E-state index in [1.807, 2.05) is 0 Å². The lowest BCUT2D eigenvalue weighted by molar-refractivity contribution is -0.114. The van der Waals surface area contributed by atoms with E-state index in [9.17, 15) is 9.59 Å². The second kappa shape index (κ2) is 5.59. The Morgan fingerprint density at radius 1 is 1.39 bits per heavy atom. The van der Waals surface area contributed by atoms with Gasteiger partial charge in [0.05, 0.1) is 13.2 Å². The Balaban J connectivity index is 2.11. The van der Waals surface area contributed by atoms with Crippen LogP contribution in [0.5, 0.6) is 0 Å². The van der Waals surface area contributed by atoms with E-state index in [0.29, 0.717) is 37.7 Å². The maximum atomic E-state index is 12.2. The van der Waals surface area contributed by atoms with Crippen LogP contribution >= 0.6 is 0 Å². The van der Waals surface area contributed by atoms with Crippen molar-refractivity contribution in [2.75, 3.05) is 31.6 Å². The molecule has 0 bridgehead atoms. The summed E-state index contributed by atoms with van der Waals surface area (Å²) >= 11 is 0. The largest absolute Gasteiger partial charge is 0.378 e. The highest BCUT2D eigenvalue weighted by Crippen LogP contribution is 2.11. The van der Waals surface area contributed by atoms with Gasteiger partial charge in [0, 0.05) is 31.8 Å². The topological polar surface area (TPSA) is 71.5 Å². The van der Waals surface area contributed by atoms with Crippen LogP contribution in [0.1, 0.15) is 17.3 Å². The fourth-order valence-corrected chi connectivity index (χ4v) is 1.76. The van der Waals surface area contributed by atoms with E-state index >= 15 is 0 Å². The smallest absolute Gasteiger partial charge is 0.254 e. The van der Waals surface area contributed by atoms with Crippen molar-refractivity contribution >= 4 is 17.6 Å². The standard InChI is InChI=1S/C12H15N3O3/c1-9(16)14-11-8-10(2-3-13-11)12(17)15-4-6-18-7-5-15/h2-3,8H,4-7H2,1H3,(H,13,14,16). The van der Waals surface area contributed by atoms with Crippen LogP contribution in [0.25, 0.3) is 0 Å². The van der Waals surface area contributed by atoms with Gasteiger partial charge in [0.2, 0.25) is 5.91 Å². The third-order valence-corrected chi connectivity index (χ3v) is 2.61. The van der Waals surface area contributed by atoms with Crippen molar-refractivity contribution in [2.45, 2.75) is 6.92 Å². The number of carbonyl (C=O) groups excluding carboxylic acids is 2. The number of nitrogens with one attached hydrogen (secondary N) is 1. The van der Waals surface area contributed by atoms with Gasteiger partial charge >= 0.3 is 0 Å². The monoisotopic (exact) mass is 249 g/mol. The highest BCUT2D eigenvalue weighted by atomic mass is 16.5. The zero-order valence-corrected chi connectivity index (χ0v) is 10.2. The number of nitrogens with zero attached hydrogens (tertiary/aromatic N) is 2. The summed E-state index contributed by atoms with van der Waals surface area (Å²) < 4.78 is 5.20. The summed E-state index contributed by atoms with van der Waals surface area (Å²) in [7, 11) is 0. The summed E-state index contributed by atoms with van der Waals surface area (Å²) in [5.74, 6) is 0.118. The minimum absolute atomic E-state index is 0.0627. The van der Waals surface area contributed by atoms with Crippen LogP contribution in [-0.4, -0.2) is 48.0 Å². The van der Waals surface area contributed by atoms with Crippen molar-refractivity contribution in [3.63, 3.8) is 0 Å². The fraction of sp³-hybridized carbons (Fsp3) is 0.417. The number of hydrogen-bond donors (Lipinski definition) is 1. The normalized spacial score (nSPS) is 15.3. The second-order valence-corrected chi connectivity index (χ2v) is 4.02. The van der Waals surface area contributed by atoms with Crippen molar-refractivity contribution in [3.05, 3.63) is 23.9 Å². The van der Waals surface area contributed by atoms with Gasteiger partial charge in [-0.05, 0) is 12.1 Å². The van der Waals surface area contributed by atoms with E-state index in [0.717, 1.165) is 0 Å². The van der Waals surface area contributed by atoms with Gasteiger partial charge in [-0.2, -0.15) is 0 Å². The second-order valence-electron chi connectivity index (χ2n) is 4.02. The summed E-state index contributed by atoms with van der Waals surface area (Å²) in [6.45, 7) is 3.72. The van der Waals surface area contributed by atoms with E-state index in [1.54, 1.807) is 17.0 Å². The summed E-state index contributed by atoms with van der Waals surface area (Å²) in [6, 6.07) is 3.22. The molecule has 18 heavy (non-hydrogen) atoms. The molecule has 0 radical (unpaired) electrons. The Morgan fingerprint density at radius 2 is 2.11 bits per heavy atom. The minimum Gasteiger partial charge on any atom is -0.378 e. The molecule has 2 heterocycles. The third-order valence-electron chi connectivity index (χ3n) is 2.61. The van der Waals surface area contributed by atoms with Crippen LogP contribution in [-0.2, 0) is 9.53 Å². The molecular formula is C12H15N3O3. The number of pyridine rings is 1. The quantitative estimate of drug-likeness (QED) is 0.829. The average Bonchev–Trinajstić information content (AvgIpc) is 2.38. The molecule has 0 saturated carbocycles. The Bertz CT molecular complexity index is 456. The van der Waals surface area contributed by atoms with Gasteiger partial charge in [-0.15, -0.1) is 0 Å². The first-order chi connectivity index (χ1) is 8.66. The molecule has 2 amide bonds. The number of ether oxygens (including phenoxy) is 1. The first-order valence-corrected chi connectivity index (χ1v) is 5.77. The number of aromatic nitrogens is 1. The summed E-state index contributed by atoms with van der Waals surface area (Å²) in [5.41, 5.74) is 0.524. The van der Waals surface area contributed by atoms with Crippen molar-refractivity contribution in [2.24, 2.45) is 0 Å². The molecule has 1 aliphatic heterocycles. The van der Waals surface area contributed by atoms with Crippen LogP contribution in [0.2, 0.25) is 0 Å². The van der Waals surface area contributed by atoms with Crippen LogP contribution in [0, 0.1) is 0 Å². The average molecular weight is 249 g/mol. The van der Waals surface area contributed by atoms with Crippen molar-refractivity contribution in [1.82, 2.24) is 9.88 Å². The summed E-state index contributed by atoms with van der Waals surface area (Å²) in [5, 5.41) is 2.56. The van der Waals surface area contributed by atoms with Gasteiger partial charge < -0.3 is 15.0 Å². The lowest BCUT2D eigenvalue weighted by Gasteiger charge is -2.26. The summed E-state index contributed by atoms with van der Waals surface area (Å²) in [6.07, 6.45) is 1.51. The molecule has 0 spiro atoms. The SMILES string of the molecule is CC(=O)Nc1cc(C(=O)N2CCOCC2)ccn1. The van der Waals surface area contributed by atoms with Gasteiger partial charge in [0.25, 0.3) is 5.91 Å². The van der Waals surface area contributed by atoms with Crippen molar-refractivity contribution in [1.29, 1.82) is 0 Å². The number of amides is 2. The number of hydrogen-bond acceptors (Lipinski definition) is 4. The molecule has 96 valence electrons. The number of anilines is 1. The number of rotatable bonds is 2. The molecule has 0 aliphatic carbocycles. The van der Waals surface area contributed by atoms with E-state index in [-0.39, 0.29) is 11.8 Å². The predicted molar refractivity (Wildman–Crippen MR) is 65.3 cm³/mol. The van der Waals surface area contributed by atoms with E-state index in [2.05, 4.69) is 10.3 Å². The van der Waals surface area contributed by atoms with Gasteiger partial charge in [-0.3, -0.25) is 9.59 Å². The van der Waals surface area contributed by atoms with E-state index < -0.39 is 0 Å². The lowest BCUT2D eigenvalue weighted by Crippen LogP contribution is -2.40. The van der Waals surface area contributed by atoms with Crippen molar-refractivity contribution < 1.29 is 14.3 Å². The molecule has 1 aliphatic rings. The molecule has 1 aromatic rings. The van der Waals surface area contributed by atoms with Crippen molar-refractivity contribution in [3.8, 4) is 0 Å². The zero-order valence-electron chi connectivity index (χ0n) is 10.2. The molecule has 1 saturated heterocycles. The number of carbonyl (C=O) groups is 2. The van der Waals surface area contributed by atoms with Gasteiger partial charge in [-0.25, -0.2) is 4.98 Å². The minimum atomic E-state index is -0.210. The Labute approximate surface area is 105 Å². The molecule has 0 unspecified atom stereocenters. The molecule has 2 rings (SSSR count). The Kier molecular flexibility index (Phi) is 3.88. The van der Waals surface area contributed by atoms with Crippen LogP contribution in [0.15, 0.2) is 18.3 Å². The zero-order chi connectivity index (χ0) is 13.0. The fourth-order valence-electron chi connectivity index (χ4n) is 1.76. The van der Waals surface area contributed by atoms with Gasteiger partial charge in [0.15, 0.2) is 0 Å². The van der Waals surface area contributed by atoms with Crippen LogP contribution in [0.3, 0.4) is 0 Å². The highest BCUT2D eigenvalue weighted by Gasteiger charge is 2.18. The van der Waals surface area contributed by atoms with E-state index in [1.165, 1.54) is 13.1 Å². The molecule has 0 atom stereocenters. The molecule has 1 N–H and O–H groups in total. The highest BCUT2D eigenvalue weighted by molar-refractivity contribution is 5.96. The molecular weight excluding hydrogens is 234 g/mol. The van der Waals surface area contributed by atoms with Crippen LogP contribution < -0.4 is 5.32 Å². The first kappa shape index (κ1) is 12.5. The first-order valence-electron chi connectivity index (χ1n) is 5.77. The summed E-state index contributed by atoms with van der Waals surface area (Å²) in [4.78, 5) is 28.8. The van der Waals surface area contributed by atoms with Gasteiger partial charge in [0.1, 0.15) is 5.82 Å². The third kappa shape index (κ3) is 3.04. The molecule has 0 aromatic carbocycles. The predicted octanol–water partition coefficient (Wildman–Crippen LogP) is 0.512.